The van der Waals surface area contributed by atoms with Crippen molar-refractivity contribution in [3.8, 4) is 11.3 Å². The highest BCUT2D eigenvalue weighted by molar-refractivity contribution is 6.00. The van der Waals surface area contributed by atoms with Gasteiger partial charge in [-0.15, -0.1) is 0 Å². The van der Waals surface area contributed by atoms with Gasteiger partial charge in [-0.25, -0.2) is 0 Å². The Balaban J connectivity index is 1.88. The van der Waals surface area contributed by atoms with E-state index in [-0.39, 0.29) is 12.5 Å². The predicted octanol–water partition coefficient (Wildman–Crippen LogP) is 2.14. The first-order chi connectivity index (χ1) is 11.2. The van der Waals surface area contributed by atoms with Crippen molar-refractivity contribution < 1.29 is 14.3 Å². The van der Waals surface area contributed by atoms with Gasteiger partial charge in [0.15, 0.2) is 0 Å². The minimum Gasteiger partial charge on any atom is -0.467 e. The lowest BCUT2D eigenvalue weighted by atomic mass is 10.1. The first kappa shape index (κ1) is 15.1. The third-order valence-electron chi connectivity index (χ3n) is 3.50. The molecule has 6 heteroatoms. The second kappa shape index (κ2) is 6.50. The van der Waals surface area contributed by atoms with Gasteiger partial charge in [0.2, 0.25) is 0 Å². The van der Waals surface area contributed by atoms with Crippen LogP contribution in [0.3, 0.4) is 0 Å². The lowest BCUT2D eigenvalue weighted by molar-refractivity contribution is 0.0908. The number of aromatic nitrogens is 2. The van der Waals surface area contributed by atoms with Crippen LogP contribution in [0.25, 0.3) is 11.3 Å². The zero-order valence-corrected chi connectivity index (χ0v) is 12.6. The molecular weight excluding hydrogens is 294 g/mol. The van der Waals surface area contributed by atoms with Gasteiger partial charge in [-0.1, -0.05) is 30.3 Å². The van der Waals surface area contributed by atoms with Gasteiger partial charge in [0, 0.05) is 18.8 Å². The Bertz CT molecular complexity index is 779. The number of nitrogens with zero attached hydrogens (tertiary/aromatic N) is 2. The van der Waals surface area contributed by atoms with Crippen LogP contribution in [0.5, 0.6) is 0 Å². The van der Waals surface area contributed by atoms with E-state index in [1.807, 2.05) is 30.3 Å². The van der Waals surface area contributed by atoms with Gasteiger partial charge in [-0.05, 0) is 12.1 Å². The molecule has 0 aliphatic heterocycles. The fourth-order valence-electron chi connectivity index (χ4n) is 2.40. The molecule has 3 rings (SSSR count). The van der Waals surface area contributed by atoms with E-state index in [2.05, 4.69) is 10.4 Å². The van der Waals surface area contributed by atoms with Crippen LogP contribution in [0, 0.1) is 0 Å². The Hall–Kier alpha value is -2.86. The SMILES string of the molecule is Cn1cc(C(=O)NC(CO)c2ccco2)c(-c2ccccc2)n1. The minimum absolute atomic E-state index is 0.250. The van der Waals surface area contributed by atoms with E-state index >= 15 is 0 Å². The maximum atomic E-state index is 12.6. The first-order valence-corrected chi connectivity index (χ1v) is 7.23. The number of carbonyl (C=O) groups excluding carboxylic acids is 1. The standard InChI is InChI=1S/C17H17N3O3/c1-20-10-13(16(19-20)12-6-3-2-4-7-12)17(22)18-14(11-21)15-8-5-9-23-15/h2-10,14,21H,11H2,1H3,(H,18,22). The van der Waals surface area contributed by atoms with E-state index in [0.29, 0.717) is 17.0 Å². The molecule has 2 aromatic heterocycles. The Kier molecular flexibility index (Phi) is 4.25. The van der Waals surface area contributed by atoms with Crippen LogP contribution < -0.4 is 5.32 Å². The summed E-state index contributed by atoms with van der Waals surface area (Å²) in [5.41, 5.74) is 1.90. The molecule has 0 saturated heterocycles. The van der Waals surface area contributed by atoms with Gasteiger partial charge in [-0.2, -0.15) is 5.10 Å². The number of rotatable bonds is 5. The van der Waals surface area contributed by atoms with Crippen molar-refractivity contribution in [2.24, 2.45) is 7.05 Å². The van der Waals surface area contributed by atoms with E-state index in [4.69, 9.17) is 4.42 Å². The van der Waals surface area contributed by atoms with Crippen LogP contribution in [-0.2, 0) is 7.05 Å². The molecule has 118 valence electrons. The molecule has 0 fully saturated rings. The zero-order valence-electron chi connectivity index (χ0n) is 12.6. The molecule has 0 saturated carbocycles. The summed E-state index contributed by atoms with van der Waals surface area (Å²) in [4.78, 5) is 12.6. The normalized spacial score (nSPS) is 12.1. The highest BCUT2D eigenvalue weighted by Crippen LogP contribution is 2.22. The van der Waals surface area contributed by atoms with E-state index in [1.54, 1.807) is 30.1 Å². The van der Waals surface area contributed by atoms with Crippen LogP contribution in [0.15, 0.2) is 59.3 Å². The molecule has 0 spiro atoms. The average Bonchev–Trinajstić information content (AvgIpc) is 3.23. The third-order valence-corrected chi connectivity index (χ3v) is 3.50. The Labute approximate surface area is 133 Å². The van der Waals surface area contributed by atoms with Crippen molar-refractivity contribution in [2.75, 3.05) is 6.61 Å². The molecular formula is C17H17N3O3. The lowest BCUT2D eigenvalue weighted by Crippen LogP contribution is -2.30. The molecule has 2 heterocycles. The second-order valence-electron chi connectivity index (χ2n) is 5.16. The van der Waals surface area contributed by atoms with E-state index in [0.717, 1.165) is 5.56 Å². The number of hydrogen-bond acceptors (Lipinski definition) is 4. The fourth-order valence-corrected chi connectivity index (χ4v) is 2.40. The molecule has 0 radical (unpaired) electrons. The molecule has 0 aliphatic carbocycles. The highest BCUT2D eigenvalue weighted by Gasteiger charge is 2.21. The zero-order chi connectivity index (χ0) is 16.2. The molecule has 3 aromatic rings. The first-order valence-electron chi connectivity index (χ1n) is 7.23. The van der Waals surface area contributed by atoms with Crippen molar-refractivity contribution in [1.29, 1.82) is 0 Å². The highest BCUT2D eigenvalue weighted by atomic mass is 16.3. The van der Waals surface area contributed by atoms with Crippen LogP contribution in [0.1, 0.15) is 22.2 Å². The summed E-state index contributed by atoms with van der Waals surface area (Å²) in [7, 11) is 1.76. The number of aryl methyl sites for hydroxylation is 1. The molecule has 1 atom stereocenters. The molecule has 2 N–H and O–H groups in total. The smallest absolute Gasteiger partial charge is 0.255 e. The quantitative estimate of drug-likeness (QED) is 0.756. The number of carbonyl (C=O) groups is 1. The number of hydrogen-bond donors (Lipinski definition) is 2. The summed E-state index contributed by atoms with van der Waals surface area (Å²) in [6.45, 7) is -0.250. The fraction of sp³-hybridized carbons (Fsp3) is 0.176. The Morgan fingerprint density at radius 3 is 2.74 bits per heavy atom. The summed E-state index contributed by atoms with van der Waals surface area (Å²) in [5, 5.41) is 16.6. The summed E-state index contributed by atoms with van der Waals surface area (Å²) in [6.07, 6.45) is 3.16. The van der Waals surface area contributed by atoms with Gasteiger partial charge >= 0.3 is 0 Å². The molecule has 1 unspecified atom stereocenters. The Morgan fingerprint density at radius 1 is 1.30 bits per heavy atom. The van der Waals surface area contributed by atoms with Crippen molar-refractivity contribution in [2.45, 2.75) is 6.04 Å². The van der Waals surface area contributed by atoms with Crippen LogP contribution >= 0.6 is 0 Å². The summed E-state index contributed by atoms with van der Waals surface area (Å²) in [5.74, 6) is 0.193. The molecule has 0 aliphatic rings. The number of aliphatic hydroxyl groups is 1. The molecule has 23 heavy (non-hydrogen) atoms. The predicted molar refractivity (Wildman–Crippen MR) is 84.6 cm³/mol. The number of furan rings is 1. The van der Waals surface area contributed by atoms with Gasteiger partial charge in [0.05, 0.1) is 18.4 Å². The van der Waals surface area contributed by atoms with Crippen molar-refractivity contribution in [3.05, 3.63) is 66.2 Å². The van der Waals surface area contributed by atoms with Crippen LogP contribution in [0.4, 0.5) is 0 Å². The van der Waals surface area contributed by atoms with E-state index < -0.39 is 6.04 Å². The monoisotopic (exact) mass is 311 g/mol. The van der Waals surface area contributed by atoms with Gasteiger partial charge in [-0.3, -0.25) is 9.48 Å². The summed E-state index contributed by atoms with van der Waals surface area (Å²) >= 11 is 0. The van der Waals surface area contributed by atoms with Gasteiger partial charge in [0.1, 0.15) is 17.5 Å². The average molecular weight is 311 g/mol. The van der Waals surface area contributed by atoms with Gasteiger partial charge in [0.25, 0.3) is 5.91 Å². The van der Waals surface area contributed by atoms with Crippen LogP contribution in [-0.4, -0.2) is 27.4 Å². The molecule has 6 nitrogen and oxygen atoms in total. The Morgan fingerprint density at radius 2 is 2.09 bits per heavy atom. The molecule has 0 bridgehead atoms. The van der Waals surface area contributed by atoms with E-state index in [9.17, 15) is 9.90 Å². The minimum atomic E-state index is -0.596. The lowest BCUT2D eigenvalue weighted by Gasteiger charge is -2.13. The summed E-state index contributed by atoms with van der Waals surface area (Å²) in [6, 6.07) is 12.3. The van der Waals surface area contributed by atoms with Crippen molar-refractivity contribution in [1.82, 2.24) is 15.1 Å². The molecule has 1 aromatic carbocycles. The van der Waals surface area contributed by atoms with E-state index in [1.165, 1.54) is 6.26 Å². The van der Waals surface area contributed by atoms with Crippen LogP contribution in [0.2, 0.25) is 0 Å². The number of amides is 1. The third kappa shape index (κ3) is 3.17. The number of aliphatic hydroxyl groups excluding tert-OH is 1. The largest absolute Gasteiger partial charge is 0.467 e. The topological polar surface area (TPSA) is 80.3 Å². The van der Waals surface area contributed by atoms with Crippen molar-refractivity contribution >= 4 is 5.91 Å². The van der Waals surface area contributed by atoms with Gasteiger partial charge < -0.3 is 14.8 Å². The molecule has 1 amide bonds. The maximum Gasteiger partial charge on any atom is 0.255 e. The second-order valence-corrected chi connectivity index (χ2v) is 5.16. The van der Waals surface area contributed by atoms with Crippen molar-refractivity contribution in [3.63, 3.8) is 0 Å². The summed E-state index contributed by atoms with van der Waals surface area (Å²) < 4.78 is 6.84. The number of benzene rings is 1. The number of nitrogens with one attached hydrogen (secondary N) is 1. The maximum absolute atomic E-state index is 12.6.